The molecule has 0 aliphatic heterocycles. The smallest absolute Gasteiger partial charge is 0.152 e. The summed E-state index contributed by atoms with van der Waals surface area (Å²) in [4.78, 5) is 0. The van der Waals surface area contributed by atoms with Gasteiger partial charge in [0.2, 0.25) is 0 Å². The van der Waals surface area contributed by atoms with E-state index in [1.165, 1.54) is 0 Å². The monoisotopic (exact) mass is 174 g/mol. The van der Waals surface area contributed by atoms with Gasteiger partial charge in [-0.2, -0.15) is 10.5 Å². The van der Waals surface area contributed by atoms with Gasteiger partial charge < -0.3 is 0 Å². The molecule has 14 heavy (non-hydrogen) atoms. The summed E-state index contributed by atoms with van der Waals surface area (Å²) in [6.45, 7) is 0. The van der Waals surface area contributed by atoms with Gasteiger partial charge in [0.1, 0.15) is 5.57 Å². The summed E-state index contributed by atoms with van der Waals surface area (Å²) in [5, 5.41) is 16.4. The van der Waals surface area contributed by atoms with Crippen LogP contribution in [0, 0.1) is 71.0 Å². The number of nitrogens with zero attached hydrogens (tertiary/aromatic N) is 2. The first-order valence-corrected chi connectivity index (χ1v) is 3.27. The standard InChI is InChI=1S/C12H2N2/c1-3-11(4-2)12(7-5-9-13)8-6-10-14/h1-2H. The quantitative estimate of drug-likeness (QED) is 0.505. The third-order valence-electron chi connectivity index (χ3n) is 1.03. The van der Waals surface area contributed by atoms with Crippen LogP contribution in [-0.2, 0) is 0 Å². The van der Waals surface area contributed by atoms with E-state index in [2.05, 4.69) is 35.5 Å². The normalized spacial score (nSPS) is 5.14. The highest BCUT2D eigenvalue weighted by Gasteiger charge is 1.94. The molecule has 0 amide bonds. The van der Waals surface area contributed by atoms with Crippen molar-refractivity contribution >= 4 is 0 Å². The highest BCUT2D eigenvalue weighted by molar-refractivity contribution is 5.60. The van der Waals surface area contributed by atoms with E-state index in [-0.39, 0.29) is 11.1 Å². The summed E-state index contributed by atoms with van der Waals surface area (Å²) >= 11 is 0. The maximum absolute atomic E-state index is 8.21. The van der Waals surface area contributed by atoms with Crippen molar-refractivity contribution in [3.63, 3.8) is 0 Å². The third kappa shape index (κ3) is 3.38. The Morgan fingerprint density at radius 1 is 0.786 bits per heavy atom. The fourth-order valence-corrected chi connectivity index (χ4v) is 0.523. The fraction of sp³-hybridized carbons (Fsp3) is 0. The van der Waals surface area contributed by atoms with Crippen LogP contribution < -0.4 is 0 Å². The van der Waals surface area contributed by atoms with E-state index in [1.54, 1.807) is 12.1 Å². The molecule has 0 unspecified atom stereocenters. The third-order valence-corrected chi connectivity index (χ3v) is 1.03. The van der Waals surface area contributed by atoms with Crippen LogP contribution in [-0.4, -0.2) is 0 Å². The number of rotatable bonds is 0. The maximum Gasteiger partial charge on any atom is 0.152 e. The highest BCUT2D eigenvalue weighted by atomic mass is 14.2. The lowest BCUT2D eigenvalue weighted by molar-refractivity contribution is 1.55. The van der Waals surface area contributed by atoms with Crippen molar-refractivity contribution in [1.82, 2.24) is 0 Å². The van der Waals surface area contributed by atoms with E-state index in [4.69, 9.17) is 23.4 Å². The SMILES string of the molecule is C#CC(C#C)=C(C#CC#N)C#CC#N. The van der Waals surface area contributed by atoms with Crippen LogP contribution in [0.15, 0.2) is 11.1 Å². The van der Waals surface area contributed by atoms with Crippen LogP contribution in [0.25, 0.3) is 0 Å². The number of nitriles is 2. The Hall–Kier alpha value is -3.04. The molecule has 0 saturated carbocycles. The van der Waals surface area contributed by atoms with Crippen molar-refractivity contribution in [2.45, 2.75) is 0 Å². The Kier molecular flexibility index (Phi) is 5.21. The van der Waals surface area contributed by atoms with Crippen molar-refractivity contribution in [2.75, 3.05) is 0 Å². The van der Waals surface area contributed by atoms with Gasteiger partial charge in [-0.3, -0.25) is 0 Å². The second kappa shape index (κ2) is 6.66. The number of allylic oxidation sites excluding steroid dienone is 2. The van der Waals surface area contributed by atoms with Gasteiger partial charge in [0.15, 0.2) is 12.1 Å². The van der Waals surface area contributed by atoms with Crippen LogP contribution in [0.5, 0.6) is 0 Å². The summed E-state index contributed by atoms with van der Waals surface area (Å²) in [5.41, 5.74) is 0.272. The number of hydrogen-bond acceptors (Lipinski definition) is 2. The van der Waals surface area contributed by atoms with Crippen LogP contribution in [0.1, 0.15) is 0 Å². The lowest BCUT2D eigenvalue weighted by atomic mass is 10.1. The van der Waals surface area contributed by atoms with Gasteiger partial charge >= 0.3 is 0 Å². The topological polar surface area (TPSA) is 47.6 Å². The lowest BCUT2D eigenvalue weighted by Gasteiger charge is -1.86. The molecule has 0 atom stereocenters. The zero-order valence-electron chi connectivity index (χ0n) is 7.05. The van der Waals surface area contributed by atoms with Gasteiger partial charge in [-0.25, -0.2) is 0 Å². The Morgan fingerprint density at radius 3 is 1.50 bits per heavy atom. The first kappa shape index (κ1) is 11.0. The van der Waals surface area contributed by atoms with E-state index < -0.39 is 0 Å². The predicted octanol–water partition coefficient (Wildman–Crippen LogP) is 0.603. The Balaban J connectivity index is 5.51. The van der Waals surface area contributed by atoms with E-state index in [0.29, 0.717) is 0 Å². The molecule has 2 nitrogen and oxygen atoms in total. The molecule has 0 N–H and O–H groups in total. The molecule has 0 radical (unpaired) electrons. The molecule has 0 heterocycles. The van der Waals surface area contributed by atoms with Crippen LogP contribution in [0.3, 0.4) is 0 Å². The molecule has 0 saturated heterocycles. The molecule has 0 aromatic rings. The minimum atomic E-state index is 0.135. The Morgan fingerprint density at radius 2 is 1.21 bits per heavy atom. The molecular formula is C12H2N2. The molecule has 0 aromatic carbocycles. The number of hydrogen-bond donors (Lipinski definition) is 0. The molecular weight excluding hydrogens is 172 g/mol. The largest absolute Gasteiger partial charge is 0.183 e. The van der Waals surface area contributed by atoms with Gasteiger partial charge in [0, 0.05) is 11.8 Å². The Labute approximate surface area is 82.8 Å². The van der Waals surface area contributed by atoms with Gasteiger partial charge in [-0.1, -0.05) is 11.8 Å². The predicted molar refractivity (Wildman–Crippen MR) is 51.5 cm³/mol. The van der Waals surface area contributed by atoms with E-state index in [0.717, 1.165) is 0 Å². The molecule has 2 heteroatoms. The van der Waals surface area contributed by atoms with Crippen LogP contribution in [0.2, 0.25) is 0 Å². The van der Waals surface area contributed by atoms with Crippen molar-refractivity contribution in [1.29, 1.82) is 10.5 Å². The van der Waals surface area contributed by atoms with Gasteiger partial charge in [0.05, 0.1) is 5.57 Å². The van der Waals surface area contributed by atoms with Crippen LogP contribution in [0.4, 0.5) is 0 Å². The Bertz CT molecular complexity index is 491. The minimum absolute atomic E-state index is 0.135. The molecule has 0 bridgehead atoms. The second-order valence-corrected chi connectivity index (χ2v) is 1.76. The zero-order chi connectivity index (χ0) is 10.8. The number of terminal acetylenes is 2. The van der Waals surface area contributed by atoms with Crippen molar-refractivity contribution < 1.29 is 0 Å². The van der Waals surface area contributed by atoms with Crippen molar-refractivity contribution in [3.05, 3.63) is 11.1 Å². The van der Waals surface area contributed by atoms with E-state index >= 15 is 0 Å². The van der Waals surface area contributed by atoms with Gasteiger partial charge in [0.25, 0.3) is 0 Å². The first-order valence-electron chi connectivity index (χ1n) is 3.27. The maximum atomic E-state index is 8.21. The summed E-state index contributed by atoms with van der Waals surface area (Å²) in [6.07, 6.45) is 10.2. The fourth-order valence-electron chi connectivity index (χ4n) is 0.523. The first-order chi connectivity index (χ1) is 6.79. The van der Waals surface area contributed by atoms with Crippen molar-refractivity contribution in [3.8, 4) is 60.5 Å². The van der Waals surface area contributed by atoms with E-state index in [1.807, 2.05) is 0 Å². The average Bonchev–Trinajstić information content (AvgIpc) is 2.22. The molecule has 0 aliphatic rings. The zero-order valence-corrected chi connectivity index (χ0v) is 7.05. The van der Waals surface area contributed by atoms with Gasteiger partial charge in [-0.15, -0.1) is 12.8 Å². The van der Waals surface area contributed by atoms with Gasteiger partial charge in [-0.05, 0) is 11.8 Å². The molecule has 0 rings (SSSR count). The molecule has 0 fully saturated rings. The summed E-state index contributed by atoms with van der Waals surface area (Å²) < 4.78 is 0. The molecule has 0 aliphatic carbocycles. The van der Waals surface area contributed by atoms with E-state index in [9.17, 15) is 0 Å². The molecule has 0 spiro atoms. The summed E-state index contributed by atoms with van der Waals surface area (Å²) in [5.74, 6) is 13.3. The lowest BCUT2D eigenvalue weighted by Crippen LogP contribution is -1.81. The molecule has 60 valence electrons. The summed E-state index contributed by atoms with van der Waals surface area (Å²) in [6, 6.07) is 3.19. The minimum Gasteiger partial charge on any atom is -0.183 e. The highest BCUT2D eigenvalue weighted by Crippen LogP contribution is 1.99. The average molecular weight is 174 g/mol. The van der Waals surface area contributed by atoms with Crippen molar-refractivity contribution in [2.24, 2.45) is 0 Å². The second-order valence-electron chi connectivity index (χ2n) is 1.76. The van der Waals surface area contributed by atoms with Crippen LogP contribution >= 0.6 is 0 Å². The summed E-state index contributed by atoms with van der Waals surface area (Å²) in [7, 11) is 0. The molecule has 0 aromatic heterocycles.